The van der Waals surface area contributed by atoms with E-state index in [1.165, 1.54) is 30.5 Å². The lowest BCUT2D eigenvalue weighted by molar-refractivity contribution is -0.112. The fourth-order valence-electron chi connectivity index (χ4n) is 1.83. The molecule has 2 aromatic heterocycles. The van der Waals surface area contributed by atoms with Crippen LogP contribution in [-0.2, 0) is 4.79 Å². The van der Waals surface area contributed by atoms with E-state index in [-0.39, 0.29) is 11.6 Å². The predicted octanol–water partition coefficient (Wildman–Crippen LogP) is 3.86. The first-order valence-corrected chi connectivity index (χ1v) is 6.56. The minimum atomic E-state index is -0.988. The van der Waals surface area contributed by atoms with Gasteiger partial charge in [0, 0.05) is 17.7 Å². The van der Waals surface area contributed by atoms with Crippen LogP contribution in [0.3, 0.4) is 0 Å². The van der Waals surface area contributed by atoms with Crippen LogP contribution in [-0.4, -0.2) is 11.1 Å². The fourth-order valence-corrected chi connectivity index (χ4v) is 1.83. The van der Waals surface area contributed by atoms with Crippen LogP contribution in [0.4, 0.5) is 14.7 Å². The Bertz CT molecular complexity index is 854. The number of halogens is 2. The normalized spacial score (nSPS) is 11.0. The number of benzene rings is 1. The van der Waals surface area contributed by atoms with Gasteiger partial charge in [-0.2, -0.15) is 0 Å². The van der Waals surface area contributed by atoms with Gasteiger partial charge in [-0.15, -0.1) is 0 Å². The molecule has 0 aliphatic rings. The van der Waals surface area contributed by atoms with E-state index in [0.29, 0.717) is 11.3 Å². The maximum absolute atomic E-state index is 13.2. The van der Waals surface area contributed by atoms with Gasteiger partial charge in [-0.1, -0.05) is 5.16 Å². The summed E-state index contributed by atoms with van der Waals surface area (Å²) >= 11 is 0. The zero-order chi connectivity index (χ0) is 16.2. The standard InChI is InChI=1S/C16H10F2N2O3/c17-12-5-3-10(8-13(12)18)14-9-16(23-20-14)19-15(21)6-4-11-2-1-7-22-11/h1-9H,(H,19,21)/b6-4+. The molecule has 0 unspecified atom stereocenters. The molecule has 0 spiro atoms. The van der Waals surface area contributed by atoms with Crippen molar-refractivity contribution in [1.29, 1.82) is 0 Å². The number of rotatable bonds is 4. The van der Waals surface area contributed by atoms with E-state index in [2.05, 4.69) is 10.5 Å². The van der Waals surface area contributed by atoms with Crippen LogP contribution in [0.1, 0.15) is 5.76 Å². The highest BCUT2D eigenvalue weighted by Crippen LogP contribution is 2.23. The molecular formula is C16H10F2N2O3. The number of nitrogens with one attached hydrogen (secondary N) is 1. The van der Waals surface area contributed by atoms with Crippen LogP contribution in [0.15, 0.2) is 57.7 Å². The Morgan fingerprint density at radius 2 is 2.04 bits per heavy atom. The Labute approximate surface area is 129 Å². The highest BCUT2D eigenvalue weighted by Gasteiger charge is 2.10. The predicted molar refractivity (Wildman–Crippen MR) is 78.2 cm³/mol. The van der Waals surface area contributed by atoms with E-state index in [1.54, 1.807) is 12.1 Å². The molecule has 0 saturated heterocycles. The smallest absolute Gasteiger partial charge is 0.250 e. The van der Waals surface area contributed by atoms with Crippen LogP contribution >= 0.6 is 0 Å². The maximum atomic E-state index is 13.2. The third-order valence-electron chi connectivity index (χ3n) is 2.91. The van der Waals surface area contributed by atoms with Gasteiger partial charge in [0.15, 0.2) is 11.6 Å². The second-order valence-electron chi connectivity index (χ2n) is 4.54. The van der Waals surface area contributed by atoms with Gasteiger partial charge in [-0.05, 0) is 36.4 Å². The van der Waals surface area contributed by atoms with Crippen LogP contribution in [0.5, 0.6) is 0 Å². The van der Waals surface area contributed by atoms with Crippen molar-refractivity contribution in [2.24, 2.45) is 0 Å². The molecule has 1 aromatic carbocycles. The number of furan rings is 1. The number of aromatic nitrogens is 1. The SMILES string of the molecule is O=C(/C=C/c1ccco1)Nc1cc(-c2ccc(F)c(F)c2)no1. The van der Waals surface area contributed by atoms with Crippen molar-refractivity contribution in [1.82, 2.24) is 5.16 Å². The summed E-state index contributed by atoms with van der Waals surface area (Å²) in [6.07, 6.45) is 4.24. The Morgan fingerprint density at radius 1 is 1.17 bits per heavy atom. The van der Waals surface area contributed by atoms with E-state index < -0.39 is 17.5 Å². The quantitative estimate of drug-likeness (QED) is 0.742. The maximum Gasteiger partial charge on any atom is 0.250 e. The molecule has 3 rings (SSSR count). The van der Waals surface area contributed by atoms with E-state index in [0.717, 1.165) is 12.1 Å². The summed E-state index contributed by atoms with van der Waals surface area (Å²) < 4.78 is 36.1. The van der Waals surface area contributed by atoms with E-state index in [1.807, 2.05) is 0 Å². The molecule has 0 radical (unpaired) electrons. The zero-order valence-corrected chi connectivity index (χ0v) is 11.6. The lowest BCUT2D eigenvalue weighted by Gasteiger charge is -1.96. The van der Waals surface area contributed by atoms with Crippen LogP contribution in [0, 0.1) is 11.6 Å². The summed E-state index contributed by atoms with van der Waals surface area (Å²) in [6.45, 7) is 0. The zero-order valence-electron chi connectivity index (χ0n) is 11.6. The molecule has 0 atom stereocenters. The molecule has 2 heterocycles. The Morgan fingerprint density at radius 3 is 2.78 bits per heavy atom. The highest BCUT2D eigenvalue weighted by atomic mass is 19.2. The van der Waals surface area contributed by atoms with Gasteiger partial charge in [-0.25, -0.2) is 8.78 Å². The van der Waals surface area contributed by atoms with Crippen molar-refractivity contribution in [3.05, 3.63) is 66.1 Å². The molecule has 23 heavy (non-hydrogen) atoms. The first-order valence-electron chi connectivity index (χ1n) is 6.56. The lowest BCUT2D eigenvalue weighted by Crippen LogP contribution is -2.06. The number of carbonyl (C=O) groups is 1. The molecule has 116 valence electrons. The number of hydrogen-bond donors (Lipinski definition) is 1. The minimum Gasteiger partial charge on any atom is -0.465 e. The van der Waals surface area contributed by atoms with Gasteiger partial charge in [-0.3, -0.25) is 10.1 Å². The Balaban J connectivity index is 1.69. The first-order chi connectivity index (χ1) is 11.1. The molecule has 0 bridgehead atoms. The summed E-state index contributed by atoms with van der Waals surface area (Å²) in [7, 11) is 0. The van der Waals surface area contributed by atoms with Crippen LogP contribution < -0.4 is 5.32 Å². The van der Waals surface area contributed by atoms with Crippen molar-refractivity contribution in [3.8, 4) is 11.3 Å². The summed E-state index contributed by atoms with van der Waals surface area (Å²) in [5.41, 5.74) is 0.605. The molecule has 0 aliphatic heterocycles. The average Bonchev–Trinajstić information content (AvgIpc) is 3.19. The van der Waals surface area contributed by atoms with Crippen molar-refractivity contribution in [2.45, 2.75) is 0 Å². The topological polar surface area (TPSA) is 68.3 Å². The average molecular weight is 316 g/mol. The third kappa shape index (κ3) is 3.52. The van der Waals surface area contributed by atoms with Gasteiger partial charge < -0.3 is 8.94 Å². The summed E-state index contributed by atoms with van der Waals surface area (Å²) in [5, 5.41) is 6.15. The van der Waals surface area contributed by atoms with Crippen molar-refractivity contribution in [2.75, 3.05) is 5.32 Å². The molecule has 1 amide bonds. The Kier molecular flexibility index (Phi) is 4.01. The van der Waals surface area contributed by atoms with Gasteiger partial charge in [0.05, 0.1) is 6.26 Å². The van der Waals surface area contributed by atoms with Crippen molar-refractivity contribution in [3.63, 3.8) is 0 Å². The van der Waals surface area contributed by atoms with Crippen LogP contribution in [0.25, 0.3) is 17.3 Å². The molecule has 3 aromatic rings. The number of hydrogen-bond acceptors (Lipinski definition) is 4. The molecule has 0 fully saturated rings. The highest BCUT2D eigenvalue weighted by molar-refractivity contribution is 6.01. The summed E-state index contributed by atoms with van der Waals surface area (Å²) in [6, 6.07) is 8.14. The van der Waals surface area contributed by atoms with E-state index in [4.69, 9.17) is 8.94 Å². The number of nitrogens with zero attached hydrogens (tertiary/aromatic N) is 1. The largest absolute Gasteiger partial charge is 0.465 e. The second kappa shape index (κ2) is 6.27. The number of anilines is 1. The lowest BCUT2D eigenvalue weighted by atomic mass is 10.1. The molecule has 0 saturated carbocycles. The third-order valence-corrected chi connectivity index (χ3v) is 2.91. The van der Waals surface area contributed by atoms with Crippen molar-refractivity contribution >= 4 is 17.9 Å². The first kappa shape index (κ1) is 14.7. The summed E-state index contributed by atoms with van der Waals surface area (Å²) in [5.74, 6) is -1.78. The van der Waals surface area contributed by atoms with E-state index in [9.17, 15) is 13.6 Å². The Hall–Kier alpha value is -3.22. The minimum absolute atomic E-state index is 0.0822. The molecule has 5 nitrogen and oxygen atoms in total. The number of carbonyl (C=O) groups excluding carboxylic acids is 1. The van der Waals surface area contributed by atoms with Crippen molar-refractivity contribution < 1.29 is 22.5 Å². The molecule has 7 heteroatoms. The monoisotopic (exact) mass is 316 g/mol. The molecule has 0 aliphatic carbocycles. The number of amides is 1. The van der Waals surface area contributed by atoms with Gasteiger partial charge in [0.1, 0.15) is 11.5 Å². The van der Waals surface area contributed by atoms with Crippen LogP contribution in [0.2, 0.25) is 0 Å². The van der Waals surface area contributed by atoms with Gasteiger partial charge in [0.25, 0.3) is 5.91 Å². The summed E-state index contributed by atoms with van der Waals surface area (Å²) in [4.78, 5) is 11.7. The second-order valence-corrected chi connectivity index (χ2v) is 4.54. The molecular weight excluding hydrogens is 306 g/mol. The molecule has 1 N–H and O–H groups in total. The fraction of sp³-hybridized carbons (Fsp3) is 0. The van der Waals surface area contributed by atoms with E-state index >= 15 is 0 Å². The van der Waals surface area contributed by atoms with Gasteiger partial charge >= 0.3 is 0 Å². The van der Waals surface area contributed by atoms with Gasteiger partial charge in [0.2, 0.25) is 5.88 Å².